The second-order valence-electron chi connectivity index (χ2n) is 7.58. The average molecular weight is 268 g/mol. The fraction of sp³-hybridized carbons (Fsp3) is 1.00. The van der Waals surface area contributed by atoms with Crippen LogP contribution in [0.3, 0.4) is 0 Å². The van der Waals surface area contributed by atoms with E-state index in [2.05, 4.69) is 44.5 Å². The van der Waals surface area contributed by atoms with Crippen LogP contribution >= 0.6 is 0 Å². The summed E-state index contributed by atoms with van der Waals surface area (Å²) in [6.07, 6.45) is 4.23. The highest BCUT2D eigenvalue weighted by Gasteiger charge is 2.54. The molecule has 3 unspecified atom stereocenters. The normalized spacial score (nSPS) is 33.8. The van der Waals surface area contributed by atoms with E-state index in [0.717, 1.165) is 13.0 Å². The highest BCUT2D eigenvalue weighted by atomic mass is 16.5. The molecule has 0 saturated carbocycles. The van der Waals surface area contributed by atoms with Gasteiger partial charge in [-0.05, 0) is 51.7 Å². The third-order valence-electron chi connectivity index (χ3n) is 5.75. The zero-order valence-corrected chi connectivity index (χ0v) is 13.7. The summed E-state index contributed by atoms with van der Waals surface area (Å²) in [6.45, 7) is 13.3. The standard InChI is InChI=1S/C16H32N2O/c1-15(2,3)16(4,18-10-7-8-11-18)14-13(19-6)9-12-17(14)5/h13-14H,7-12H2,1-6H3. The Labute approximate surface area is 119 Å². The van der Waals surface area contributed by atoms with E-state index in [1.807, 2.05) is 7.11 Å². The Balaban J connectivity index is 2.36. The molecule has 3 nitrogen and oxygen atoms in total. The SMILES string of the molecule is COC1CCN(C)C1C(C)(N1CCCC1)C(C)(C)C. The highest BCUT2D eigenvalue weighted by molar-refractivity contribution is 5.10. The average Bonchev–Trinajstić information content (AvgIpc) is 2.95. The van der Waals surface area contributed by atoms with E-state index in [1.54, 1.807) is 0 Å². The van der Waals surface area contributed by atoms with Crippen molar-refractivity contribution in [3.05, 3.63) is 0 Å². The van der Waals surface area contributed by atoms with Crippen LogP contribution in [0, 0.1) is 5.41 Å². The summed E-state index contributed by atoms with van der Waals surface area (Å²) in [6, 6.07) is 0.496. The fourth-order valence-corrected chi connectivity index (χ4v) is 4.24. The molecule has 3 atom stereocenters. The first-order chi connectivity index (χ1) is 8.82. The van der Waals surface area contributed by atoms with E-state index in [0.29, 0.717) is 12.1 Å². The summed E-state index contributed by atoms with van der Waals surface area (Å²) in [5.41, 5.74) is 0.423. The smallest absolute Gasteiger partial charge is 0.0756 e. The van der Waals surface area contributed by atoms with Crippen molar-refractivity contribution in [2.24, 2.45) is 5.41 Å². The monoisotopic (exact) mass is 268 g/mol. The van der Waals surface area contributed by atoms with Gasteiger partial charge in [-0.2, -0.15) is 0 Å². The number of methoxy groups -OCH3 is 1. The minimum atomic E-state index is 0.176. The van der Waals surface area contributed by atoms with Gasteiger partial charge in [0, 0.05) is 19.2 Å². The predicted molar refractivity (Wildman–Crippen MR) is 80.5 cm³/mol. The molecule has 2 rings (SSSR count). The minimum Gasteiger partial charge on any atom is -0.380 e. The molecule has 0 aromatic carbocycles. The molecule has 2 fully saturated rings. The van der Waals surface area contributed by atoms with Crippen molar-refractivity contribution in [1.29, 1.82) is 0 Å². The summed E-state index contributed by atoms with van der Waals surface area (Å²) < 4.78 is 5.83. The highest BCUT2D eigenvalue weighted by Crippen LogP contribution is 2.45. The molecule has 19 heavy (non-hydrogen) atoms. The maximum absolute atomic E-state index is 5.83. The number of hydrogen-bond acceptors (Lipinski definition) is 3. The molecular weight excluding hydrogens is 236 g/mol. The van der Waals surface area contributed by atoms with Gasteiger partial charge in [-0.25, -0.2) is 0 Å². The van der Waals surface area contributed by atoms with Crippen LogP contribution in [0.5, 0.6) is 0 Å². The second kappa shape index (κ2) is 5.34. The van der Waals surface area contributed by atoms with Gasteiger partial charge in [-0.3, -0.25) is 9.80 Å². The summed E-state index contributed by atoms with van der Waals surface area (Å²) in [5.74, 6) is 0. The number of ether oxygens (including phenoxy) is 1. The molecule has 0 amide bonds. The molecule has 112 valence electrons. The van der Waals surface area contributed by atoms with Gasteiger partial charge in [0.15, 0.2) is 0 Å². The van der Waals surface area contributed by atoms with Crippen molar-refractivity contribution < 1.29 is 4.74 Å². The van der Waals surface area contributed by atoms with Crippen molar-refractivity contribution >= 4 is 0 Å². The summed E-state index contributed by atoms with van der Waals surface area (Å²) in [5, 5.41) is 0. The maximum atomic E-state index is 5.83. The molecule has 3 heteroatoms. The molecule has 0 aromatic heterocycles. The van der Waals surface area contributed by atoms with Gasteiger partial charge < -0.3 is 4.74 Å². The lowest BCUT2D eigenvalue weighted by Gasteiger charge is -2.55. The van der Waals surface area contributed by atoms with E-state index >= 15 is 0 Å². The van der Waals surface area contributed by atoms with Gasteiger partial charge in [0.05, 0.1) is 12.1 Å². The van der Waals surface area contributed by atoms with Crippen LogP contribution < -0.4 is 0 Å². The molecule has 2 saturated heterocycles. The summed E-state index contributed by atoms with van der Waals surface area (Å²) >= 11 is 0. The Morgan fingerprint density at radius 3 is 2.05 bits per heavy atom. The van der Waals surface area contributed by atoms with Crippen LogP contribution in [0.1, 0.15) is 47.0 Å². The Morgan fingerprint density at radius 1 is 1.00 bits per heavy atom. The molecule has 2 aliphatic rings. The third-order valence-corrected chi connectivity index (χ3v) is 5.75. The summed E-state index contributed by atoms with van der Waals surface area (Å²) in [7, 11) is 4.15. The molecule has 0 spiro atoms. The van der Waals surface area contributed by atoms with E-state index in [9.17, 15) is 0 Å². The summed E-state index contributed by atoms with van der Waals surface area (Å²) in [4.78, 5) is 5.25. The van der Waals surface area contributed by atoms with Gasteiger partial charge in [0.2, 0.25) is 0 Å². The first kappa shape index (κ1) is 15.3. The van der Waals surface area contributed by atoms with Gasteiger partial charge in [0.1, 0.15) is 0 Å². The predicted octanol–water partition coefficient (Wildman–Crippen LogP) is 2.61. The molecular formula is C16H32N2O. The van der Waals surface area contributed by atoms with Crippen LogP contribution in [0.2, 0.25) is 0 Å². The van der Waals surface area contributed by atoms with Crippen molar-refractivity contribution in [3.8, 4) is 0 Å². The lowest BCUT2D eigenvalue weighted by atomic mass is 9.67. The van der Waals surface area contributed by atoms with Gasteiger partial charge >= 0.3 is 0 Å². The van der Waals surface area contributed by atoms with Crippen molar-refractivity contribution in [1.82, 2.24) is 9.80 Å². The van der Waals surface area contributed by atoms with Crippen LogP contribution in [-0.4, -0.2) is 61.3 Å². The third kappa shape index (κ3) is 2.45. The minimum absolute atomic E-state index is 0.176. The zero-order chi connectivity index (χ0) is 14.3. The van der Waals surface area contributed by atoms with Crippen LogP contribution in [0.25, 0.3) is 0 Å². The van der Waals surface area contributed by atoms with Gasteiger partial charge in [-0.15, -0.1) is 0 Å². The van der Waals surface area contributed by atoms with Crippen molar-refractivity contribution in [2.45, 2.75) is 64.6 Å². The first-order valence-electron chi connectivity index (χ1n) is 7.80. The number of rotatable bonds is 3. The number of likely N-dealkylation sites (tertiary alicyclic amines) is 2. The van der Waals surface area contributed by atoms with E-state index in [-0.39, 0.29) is 11.0 Å². The second-order valence-corrected chi connectivity index (χ2v) is 7.58. The maximum Gasteiger partial charge on any atom is 0.0756 e. The van der Waals surface area contributed by atoms with Gasteiger partial charge in [-0.1, -0.05) is 20.8 Å². The fourth-order valence-electron chi connectivity index (χ4n) is 4.24. The van der Waals surface area contributed by atoms with Crippen LogP contribution in [0.15, 0.2) is 0 Å². The molecule has 0 aromatic rings. The quantitative estimate of drug-likeness (QED) is 0.782. The Morgan fingerprint density at radius 2 is 1.58 bits per heavy atom. The Bertz CT molecular complexity index is 306. The van der Waals surface area contributed by atoms with Gasteiger partial charge in [0.25, 0.3) is 0 Å². The topological polar surface area (TPSA) is 15.7 Å². The van der Waals surface area contributed by atoms with E-state index in [4.69, 9.17) is 4.74 Å². The van der Waals surface area contributed by atoms with Crippen LogP contribution in [0.4, 0.5) is 0 Å². The Hall–Kier alpha value is -0.120. The largest absolute Gasteiger partial charge is 0.380 e. The van der Waals surface area contributed by atoms with Crippen LogP contribution in [-0.2, 0) is 4.74 Å². The zero-order valence-electron chi connectivity index (χ0n) is 13.7. The van der Waals surface area contributed by atoms with Crippen molar-refractivity contribution in [2.75, 3.05) is 33.8 Å². The lowest BCUT2D eigenvalue weighted by Crippen LogP contribution is -2.66. The first-order valence-corrected chi connectivity index (χ1v) is 7.80. The number of likely N-dealkylation sites (N-methyl/N-ethyl adjacent to an activating group) is 1. The lowest BCUT2D eigenvalue weighted by molar-refractivity contribution is -0.0748. The molecule has 0 radical (unpaired) electrons. The van der Waals surface area contributed by atoms with Crippen molar-refractivity contribution in [3.63, 3.8) is 0 Å². The Kier molecular flexibility index (Phi) is 4.29. The molecule has 2 aliphatic heterocycles. The number of hydrogen-bond donors (Lipinski definition) is 0. The molecule has 0 bridgehead atoms. The van der Waals surface area contributed by atoms with E-state index < -0.39 is 0 Å². The number of nitrogens with zero attached hydrogens (tertiary/aromatic N) is 2. The molecule has 0 aliphatic carbocycles. The molecule has 2 heterocycles. The molecule has 0 N–H and O–H groups in total. The van der Waals surface area contributed by atoms with E-state index in [1.165, 1.54) is 25.9 Å².